The smallest absolute Gasteiger partial charge is 0.161 e. The molecule has 2 N–H and O–H groups in total. The van der Waals surface area contributed by atoms with Crippen molar-refractivity contribution in [3.8, 4) is 0 Å². The van der Waals surface area contributed by atoms with Crippen molar-refractivity contribution in [2.24, 2.45) is 5.73 Å². The van der Waals surface area contributed by atoms with Gasteiger partial charge in [0.2, 0.25) is 0 Å². The Bertz CT molecular complexity index is 556. The molecule has 0 amide bonds. The van der Waals surface area contributed by atoms with E-state index in [-0.39, 0.29) is 5.56 Å². The Kier molecular flexibility index (Phi) is 3.42. The highest BCUT2D eigenvalue weighted by atomic mass is 35.5. The van der Waals surface area contributed by atoms with Gasteiger partial charge in [-0.25, -0.2) is 13.2 Å². The van der Waals surface area contributed by atoms with Gasteiger partial charge < -0.3 is 5.73 Å². The highest BCUT2D eigenvalue weighted by Gasteiger charge is 2.18. The number of nitrogens with two attached hydrogens (primary N) is 1. The fourth-order valence-corrected chi connectivity index (χ4v) is 2.51. The molecule has 1 aromatic carbocycles. The lowest BCUT2D eigenvalue weighted by Crippen LogP contribution is -2.13. The first-order chi connectivity index (χ1) is 7.99. The minimum absolute atomic E-state index is 0.0950. The highest BCUT2D eigenvalue weighted by Crippen LogP contribution is 2.31. The van der Waals surface area contributed by atoms with Crippen LogP contribution >= 0.6 is 22.9 Å². The van der Waals surface area contributed by atoms with Gasteiger partial charge in [-0.15, -0.1) is 11.3 Å². The molecule has 17 heavy (non-hydrogen) atoms. The van der Waals surface area contributed by atoms with Crippen molar-refractivity contribution in [3.63, 3.8) is 0 Å². The molecule has 1 atom stereocenters. The SMILES string of the molecule is NC(c1ccc(Cl)s1)c1cc(F)c(F)cc1F. The normalized spacial score (nSPS) is 12.8. The summed E-state index contributed by atoms with van der Waals surface area (Å²) in [6.45, 7) is 0. The summed E-state index contributed by atoms with van der Waals surface area (Å²) in [6, 6.07) is 3.63. The van der Waals surface area contributed by atoms with Crippen molar-refractivity contribution >= 4 is 22.9 Å². The van der Waals surface area contributed by atoms with Crippen molar-refractivity contribution in [2.45, 2.75) is 6.04 Å². The molecule has 0 aliphatic heterocycles. The number of hydrogen-bond donors (Lipinski definition) is 1. The third-order valence-electron chi connectivity index (χ3n) is 2.28. The summed E-state index contributed by atoms with van der Waals surface area (Å²) < 4.78 is 39.7. The molecule has 0 bridgehead atoms. The standard InChI is InChI=1S/C11H7ClF3NS/c12-10-2-1-9(17-10)11(16)5-3-7(14)8(15)4-6(5)13/h1-4,11H,16H2. The first-order valence-corrected chi connectivity index (χ1v) is 5.83. The zero-order valence-electron chi connectivity index (χ0n) is 8.38. The molecule has 0 radical (unpaired) electrons. The average molecular weight is 278 g/mol. The Morgan fingerprint density at radius 2 is 1.71 bits per heavy atom. The van der Waals surface area contributed by atoms with E-state index in [9.17, 15) is 13.2 Å². The fraction of sp³-hybridized carbons (Fsp3) is 0.0909. The monoisotopic (exact) mass is 277 g/mol. The van der Waals surface area contributed by atoms with Crippen LogP contribution in [0.1, 0.15) is 16.5 Å². The van der Waals surface area contributed by atoms with Crippen LogP contribution in [-0.4, -0.2) is 0 Å². The van der Waals surface area contributed by atoms with Gasteiger partial charge in [0.05, 0.1) is 10.4 Å². The van der Waals surface area contributed by atoms with Crippen LogP contribution in [0.3, 0.4) is 0 Å². The van der Waals surface area contributed by atoms with Crippen LogP contribution in [0.15, 0.2) is 24.3 Å². The Hall–Kier alpha value is -1.04. The number of rotatable bonds is 2. The van der Waals surface area contributed by atoms with Crippen molar-refractivity contribution in [3.05, 3.63) is 56.5 Å². The second-order valence-corrected chi connectivity index (χ2v) is 5.15. The molecule has 1 heterocycles. The predicted octanol–water partition coefficient (Wildman–Crippen LogP) is 3.87. The van der Waals surface area contributed by atoms with Gasteiger partial charge in [-0.05, 0) is 18.2 Å². The van der Waals surface area contributed by atoms with Crippen LogP contribution < -0.4 is 5.73 Å². The third kappa shape index (κ3) is 2.46. The van der Waals surface area contributed by atoms with E-state index < -0.39 is 23.5 Å². The van der Waals surface area contributed by atoms with Gasteiger partial charge in [-0.2, -0.15) is 0 Å². The maximum atomic E-state index is 13.5. The lowest BCUT2D eigenvalue weighted by molar-refractivity contribution is 0.488. The van der Waals surface area contributed by atoms with E-state index in [1.165, 1.54) is 11.3 Å². The molecule has 90 valence electrons. The Balaban J connectivity index is 2.43. The summed E-state index contributed by atoms with van der Waals surface area (Å²) in [4.78, 5) is 0.583. The van der Waals surface area contributed by atoms with Crippen molar-refractivity contribution in [2.75, 3.05) is 0 Å². The molecule has 0 spiro atoms. The van der Waals surface area contributed by atoms with Gasteiger partial charge >= 0.3 is 0 Å². The largest absolute Gasteiger partial charge is 0.320 e. The van der Waals surface area contributed by atoms with Gasteiger partial charge in [-0.3, -0.25) is 0 Å². The maximum Gasteiger partial charge on any atom is 0.161 e. The van der Waals surface area contributed by atoms with Gasteiger partial charge in [-0.1, -0.05) is 11.6 Å². The number of halogens is 4. The van der Waals surface area contributed by atoms with E-state index >= 15 is 0 Å². The molecule has 1 unspecified atom stereocenters. The Morgan fingerprint density at radius 1 is 1.06 bits per heavy atom. The lowest BCUT2D eigenvalue weighted by atomic mass is 10.1. The summed E-state index contributed by atoms with van der Waals surface area (Å²) in [5.74, 6) is -3.23. The van der Waals surface area contributed by atoms with Crippen molar-refractivity contribution < 1.29 is 13.2 Å². The van der Waals surface area contributed by atoms with E-state index in [2.05, 4.69) is 0 Å². The summed E-state index contributed by atoms with van der Waals surface area (Å²) in [5.41, 5.74) is 5.68. The Labute approximate surface area is 105 Å². The first kappa shape index (κ1) is 12.4. The van der Waals surface area contributed by atoms with Crippen molar-refractivity contribution in [1.29, 1.82) is 0 Å². The molecule has 2 rings (SSSR count). The van der Waals surface area contributed by atoms with Crippen molar-refractivity contribution in [1.82, 2.24) is 0 Å². The minimum atomic E-state index is -1.23. The van der Waals surface area contributed by atoms with Crippen LogP contribution in [0.2, 0.25) is 4.34 Å². The second-order valence-electron chi connectivity index (χ2n) is 3.41. The average Bonchev–Trinajstić information content (AvgIpc) is 2.69. The highest BCUT2D eigenvalue weighted by molar-refractivity contribution is 7.16. The summed E-state index contributed by atoms with van der Waals surface area (Å²) in [6.07, 6.45) is 0. The van der Waals surface area contributed by atoms with Gasteiger partial charge in [0.15, 0.2) is 11.6 Å². The van der Waals surface area contributed by atoms with Crippen LogP contribution in [0, 0.1) is 17.5 Å². The molecular weight excluding hydrogens is 271 g/mol. The van der Waals surface area contributed by atoms with Crippen LogP contribution in [0.5, 0.6) is 0 Å². The number of thiophene rings is 1. The van der Waals surface area contributed by atoms with E-state index in [0.717, 1.165) is 6.07 Å². The summed E-state index contributed by atoms with van der Waals surface area (Å²) in [5, 5.41) is 0. The molecule has 0 fully saturated rings. The van der Waals surface area contributed by atoms with Crippen LogP contribution in [0.4, 0.5) is 13.2 Å². The van der Waals surface area contributed by atoms with Crippen LogP contribution in [0.25, 0.3) is 0 Å². The molecule has 2 aromatic rings. The lowest BCUT2D eigenvalue weighted by Gasteiger charge is -2.11. The second kappa shape index (κ2) is 4.68. The molecule has 0 saturated carbocycles. The third-order valence-corrected chi connectivity index (χ3v) is 3.59. The van der Waals surface area contributed by atoms with E-state index in [1.807, 2.05) is 0 Å². The molecule has 1 nitrogen and oxygen atoms in total. The molecular formula is C11H7ClF3NS. The molecule has 6 heteroatoms. The van der Waals surface area contributed by atoms with E-state index in [0.29, 0.717) is 15.3 Å². The van der Waals surface area contributed by atoms with E-state index in [1.54, 1.807) is 12.1 Å². The van der Waals surface area contributed by atoms with Gasteiger partial charge in [0.25, 0.3) is 0 Å². The molecule has 0 aliphatic rings. The summed E-state index contributed by atoms with van der Waals surface area (Å²) in [7, 11) is 0. The zero-order valence-corrected chi connectivity index (χ0v) is 9.96. The first-order valence-electron chi connectivity index (χ1n) is 4.64. The maximum absolute atomic E-state index is 13.5. The fourth-order valence-electron chi connectivity index (χ4n) is 1.42. The van der Waals surface area contributed by atoms with Gasteiger partial charge in [0, 0.05) is 16.5 Å². The number of hydrogen-bond acceptors (Lipinski definition) is 2. The molecule has 0 saturated heterocycles. The topological polar surface area (TPSA) is 26.0 Å². The van der Waals surface area contributed by atoms with Crippen LogP contribution in [-0.2, 0) is 0 Å². The van der Waals surface area contributed by atoms with Gasteiger partial charge in [0.1, 0.15) is 5.82 Å². The molecule has 1 aromatic heterocycles. The minimum Gasteiger partial charge on any atom is -0.320 e. The zero-order chi connectivity index (χ0) is 12.6. The molecule has 0 aliphatic carbocycles. The quantitative estimate of drug-likeness (QED) is 0.829. The summed E-state index contributed by atoms with van der Waals surface area (Å²) >= 11 is 6.89. The predicted molar refractivity (Wildman–Crippen MR) is 61.7 cm³/mol. The van der Waals surface area contributed by atoms with E-state index in [4.69, 9.17) is 17.3 Å². The number of benzene rings is 1. The Morgan fingerprint density at radius 3 is 2.29 bits per heavy atom.